The van der Waals surface area contributed by atoms with Crippen molar-refractivity contribution < 1.29 is 22.7 Å². The van der Waals surface area contributed by atoms with Crippen molar-refractivity contribution in [3.05, 3.63) is 51.8 Å². The first-order valence-electron chi connectivity index (χ1n) is 8.91. The summed E-state index contributed by atoms with van der Waals surface area (Å²) in [6.45, 7) is 0.812. The van der Waals surface area contributed by atoms with Gasteiger partial charge in [-0.05, 0) is 37.1 Å². The van der Waals surface area contributed by atoms with Gasteiger partial charge < -0.3 is 10.5 Å². The quantitative estimate of drug-likeness (QED) is 0.567. The Balaban J connectivity index is 1.63. The van der Waals surface area contributed by atoms with E-state index in [2.05, 4.69) is 10.0 Å². The smallest absolute Gasteiger partial charge is 0.262 e. The maximum Gasteiger partial charge on any atom is 0.262 e. The number of rotatable bonds is 5. The van der Waals surface area contributed by atoms with Gasteiger partial charge in [-0.3, -0.25) is 24.3 Å². The van der Waals surface area contributed by atoms with Gasteiger partial charge >= 0.3 is 0 Å². The number of nitrogen functional groups attached to an aromatic ring is 1. The highest BCUT2D eigenvalue weighted by Gasteiger charge is 2.32. The standard InChI is InChI=1S/C18H18N4O6S/c19-16-15-13(17(24)21-18(15)25)8-14(23)22(16)10-3-5-12(6-4-10)29(26,27)20-9-11-2-1-7-28-11/h3-6,8,11,20H,1-2,7,9,19H2,(H,21,24,25). The van der Waals surface area contributed by atoms with Gasteiger partial charge in [0.1, 0.15) is 5.82 Å². The average molecular weight is 418 g/mol. The lowest BCUT2D eigenvalue weighted by Crippen LogP contribution is -2.31. The third-order valence-corrected chi connectivity index (χ3v) is 6.32. The number of nitrogens with one attached hydrogen (secondary N) is 2. The number of hydrogen-bond acceptors (Lipinski definition) is 7. The summed E-state index contributed by atoms with van der Waals surface area (Å²) < 4.78 is 33.9. The van der Waals surface area contributed by atoms with Crippen molar-refractivity contribution in [2.45, 2.75) is 23.8 Å². The predicted octanol–water partition coefficient (Wildman–Crippen LogP) is -0.239. The van der Waals surface area contributed by atoms with Crippen molar-refractivity contribution in [3.8, 4) is 5.69 Å². The SMILES string of the molecule is Nc1c2c(cc(=O)n1-c1ccc(S(=O)(=O)NCC3CCCO3)cc1)C(=O)NC2=O. The van der Waals surface area contributed by atoms with E-state index in [4.69, 9.17) is 10.5 Å². The van der Waals surface area contributed by atoms with Gasteiger partial charge in [-0.2, -0.15) is 0 Å². The molecule has 1 unspecified atom stereocenters. The molecule has 2 amide bonds. The second-order valence-corrected chi connectivity index (χ2v) is 8.52. The number of carbonyl (C=O) groups excluding carboxylic acids is 2. The van der Waals surface area contributed by atoms with E-state index in [1.54, 1.807) is 0 Å². The highest BCUT2D eigenvalue weighted by molar-refractivity contribution is 7.89. The van der Waals surface area contributed by atoms with E-state index in [9.17, 15) is 22.8 Å². The number of pyridine rings is 1. The summed E-state index contributed by atoms with van der Waals surface area (Å²) in [5, 5.41) is 2.09. The molecule has 1 aromatic carbocycles. The molecule has 2 aromatic rings. The lowest BCUT2D eigenvalue weighted by atomic mass is 10.1. The van der Waals surface area contributed by atoms with Crippen molar-refractivity contribution in [2.75, 3.05) is 18.9 Å². The Morgan fingerprint density at radius 1 is 1.17 bits per heavy atom. The van der Waals surface area contributed by atoms with Crippen LogP contribution in [0.4, 0.5) is 5.82 Å². The summed E-state index contributed by atoms with van der Waals surface area (Å²) in [6, 6.07) is 6.49. The monoisotopic (exact) mass is 418 g/mol. The molecule has 2 aliphatic rings. The Kier molecular flexibility index (Phi) is 4.73. The van der Waals surface area contributed by atoms with Gasteiger partial charge in [0.15, 0.2) is 0 Å². The Labute approximate surface area is 165 Å². The third-order valence-electron chi connectivity index (χ3n) is 4.88. The summed E-state index contributed by atoms with van der Waals surface area (Å²) in [4.78, 5) is 36.1. The Morgan fingerprint density at radius 2 is 1.90 bits per heavy atom. The molecule has 0 spiro atoms. The molecule has 4 rings (SSSR count). The summed E-state index contributed by atoms with van der Waals surface area (Å²) in [6.07, 6.45) is 1.57. The molecule has 0 radical (unpaired) electrons. The molecule has 0 aliphatic carbocycles. The van der Waals surface area contributed by atoms with Crippen molar-refractivity contribution in [1.82, 2.24) is 14.6 Å². The first-order valence-corrected chi connectivity index (χ1v) is 10.4. The molecular formula is C18H18N4O6S. The number of ether oxygens (including phenoxy) is 1. The zero-order valence-corrected chi connectivity index (χ0v) is 16.0. The molecule has 1 saturated heterocycles. The van der Waals surface area contributed by atoms with Gasteiger partial charge in [0.25, 0.3) is 17.4 Å². The second-order valence-electron chi connectivity index (χ2n) is 6.76. The van der Waals surface area contributed by atoms with Crippen LogP contribution in [0, 0.1) is 0 Å². The van der Waals surface area contributed by atoms with Gasteiger partial charge in [-0.1, -0.05) is 0 Å². The Hall–Kier alpha value is -3.02. The van der Waals surface area contributed by atoms with Gasteiger partial charge in [0.05, 0.1) is 27.8 Å². The number of carbonyl (C=O) groups is 2. The normalized spacial score (nSPS) is 18.7. The number of benzene rings is 1. The van der Waals surface area contributed by atoms with Crippen molar-refractivity contribution in [3.63, 3.8) is 0 Å². The Bertz CT molecular complexity index is 1160. The van der Waals surface area contributed by atoms with Crippen LogP contribution in [0.15, 0.2) is 40.0 Å². The minimum atomic E-state index is -3.75. The van der Waals surface area contributed by atoms with E-state index in [1.807, 2.05) is 0 Å². The molecule has 29 heavy (non-hydrogen) atoms. The molecule has 0 saturated carbocycles. The topological polar surface area (TPSA) is 150 Å². The minimum absolute atomic E-state index is 0.0138. The Morgan fingerprint density at radius 3 is 2.55 bits per heavy atom. The van der Waals surface area contributed by atoms with Crippen LogP contribution in [0.25, 0.3) is 5.69 Å². The first kappa shape index (κ1) is 19.3. The molecule has 10 nitrogen and oxygen atoms in total. The average Bonchev–Trinajstić information content (AvgIpc) is 3.29. The van der Waals surface area contributed by atoms with Crippen molar-refractivity contribution in [1.29, 1.82) is 0 Å². The largest absolute Gasteiger partial charge is 0.384 e. The van der Waals surface area contributed by atoms with Crippen LogP contribution in [-0.2, 0) is 14.8 Å². The fraction of sp³-hybridized carbons (Fsp3) is 0.278. The van der Waals surface area contributed by atoms with Crippen LogP contribution >= 0.6 is 0 Å². The summed E-state index contributed by atoms with van der Waals surface area (Å²) in [5.41, 5.74) is 5.46. The zero-order valence-electron chi connectivity index (χ0n) is 15.2. The molecular weight excluding hydrogens is 400 g/mol. The molecule has 3 heterocycles. The molecule has 4 N–H and O–H groups in total. The first-order chi connectivity index (χ1) is 13.8. The highest BCUT2D eigenvalue weighted by atomic mass is 32.2. The number of anilines is 1. The summed E-state index contributed by atoms with van der Waals surface area (Å²) >= 11 is 0. The van der Waals surface area contributed by atoms with E-state index >= 15 is 0 Å². The number of nitrogens with zero attached hydrogens (tertiary/aromatic N) is 1. The lowest BCUT2D eigenvalue weighted by molar-refractivity contribution is 0.0880. The zero-order chi connectivity index (χ0) is 20.8. The van der Waals surface area contributed by atoms with Crippen molar-refractivity contribution >= 4 is 27.7 Å². The number of hydrogen-bond donors (Lipinski definition) is 3. The van der Waals surface area contributed by atoms with Crippen LogP contribution in [0.3, 0.4) is 0 Å². The van der Waals surface area contributed by atoms with E-state index in [0.717, 1.165) is 23.5 Å². The van der Waals surface area contributed by atoms with Crippen LogP contribution in [-0.4, -0.2) is 44.1 Å². The molecule has 0 bridgehead atoms. The summed E-state index contributed by atoms with van der Waals surface area (Å²) in [5.74, 6) is -1.56. The van der Waals surface area contributed by atoms with Gasteiger partial charge in [0, 0.05) is 19.2 Å². The van der Waals surface area contributed by atoms with E-state index in [-0.39, 0.29) is 40.2 Å². The lowest BCUT2D eigenvalue weighted by Gasteiger charge is -2.14. The minimum Gasteiger partial charge on any atom is -0.384 e. The van der Waals surface area contributed by atoms with E-state index in [0.29, 0.717) is 6.61 Å². The third kappa shape index (κ3) is 3.43. The molecule has 1 fully saturated rings. The highest BCUT2D eigenvalue weighted by Crippen LogP contribution is 2.23. The van der Waals surface area contributed by atoms with E-state index < -0.39 is 27.4 Å². The fourth-order valence-corrected chi connectivity index (χ4v) is 4.48. The number of imide groups is 1. The maximum atomic E-state index is 12.5. The number of sulfonamides is 1. The number of nitrogens with two attached hydrogens (primary N) is 1. The molecule has 1 aromatic heterocycles. The molecule has 152 valence electrons. The fourth-order valence-electron chi connectivity index (χ4n) is 3.41. The molecule has 11 heteroatoms. The van der Waals surface area contributed by atoms with Crippen molar-refractivity contribution in [2.24, 2.45) is 0 Å². The predicted molar refractivity (Wildman–Crippen MR) is 102 cm³/mol. The number of aromatic nitrogens is 1. The maximum absolute atomic E-state index is 12.5. The number of fused-ring (bicyclic) bond motifs is 1. The second kappa shape index (κ2) is 7.10. The molecule has 1 atom stereocenters. The van der Waals surface area contributed by atoms with Gasteiger partial charge in [-0.25, -0.2) is 13.1 Å². The van der Waals surface area contributed by atoms with Gasteiger partial charge in [0.2, 0.25) is 10.0 Å². The van der Waals surface area contributed by atoms with Gasteiger partial charge in [-0.15, -0.1) is 0 Å². The van der Waals surface area contributed by atoms with Crippen LogP contribution in [0.1, 0.15) is 33.6 Å². The number of amides is 2. The molecule has 2 aliphatic heterocycles. The van der Waals surface area contributed by atoms with E-state index in [1.165, 1.54) is 24.3 Å². The summed E-state index contributed by atoms with van der Waals surface area (Å²) in [7, 11) is -3.75. The van der Waals surface area contributed by atoms with Crippen LogP contribution in [0.5, 0.6) is 0 Å². The van der Waals surface area contributed by atoms with Crippen LogP contribution < -0.4 is 21.3 Å². The van der Waals surface area contributed by atoms with Crippen LogP contribution in [0.2, 0.25) is 0 Å².